The van der Waals surface area contributed by atoms with Crippen LogP contribution in [0.15, 0.2) is 12.5 Å². The van der Waals surface area contributed by atoms with Crippen molar-refractivity contribution in [2.75, 3.05) is 6.61 Å². The summed E-state index contributed by atoms with van der Waals surface area (Å²) in [5.41, 5.74) is 1.02. The molecule has 10 heavy (non-hydrogen) atoms. The van der Waals surface area contributed by atoms with E-state index in [9.17, 15) is 0 Å². The van der Waals surface area contributed by atoms with Gasteiger partial charge in [0.2, 0.25) is 0 Å². The summed E-state index contributed by atoms with van der Waals surface area (Å²) >= 11 is 0. The zero-order valence-electron chi connectivity index (χ0n) is 6.04. The summed E-state index contributed by atoms with van der Waals surface area (Å²) in [6.07, 6.45) is 4.35. The number of hydrogen-bond acceptors (Lipinski definition) is 2. The Morgan fingerprint density at radius 1 is 1.80 bits per heavy atom. The number of nitrogens with one attached hydrogen (secondary N) is 1. The fourth-order valence-electron chi connectivity index (χ4n) is 0.824. The van der Waals surface area contributed by atoms with E-state index >= 15 is 0 Å². The minimum atomic E-state index is 0.229. The zero-order valence-corrected chi connectivity index (χ0v) is 6.04. The Balaban J connectivity index is 2.40. The molecule has 1 heterocycles. The van der Waals surface area contributed by atoms with Gasteiger partial charge in [-0.2, -0.15) is 0 Å². The van der Waals surface area contributed by atoms with Gasteiger partial charge in [0, 0.05) is 12.8 Å². The Labute approximate surface area is 60.1 Å². The molecular formula is C7H12N2O. The van der Waals surface area contributed by atoms with Crippen molar-refractivity contribution in [3.8, 4) is 0 Å². The normalized spacial score (nSPS) is 13.4. The van der Waals surface area contributed by atoms with Crippen LogP contribution in [0.25, 0.3) is 0 Å². The van der Waals surface area contributed by atoms with E-state index in [0.29, 0.717) is 5.92 Å². The highest BCUT2D eigenvalue weighted by molar-refractivity contribution is 4.94. The molecule has 3 heteroatoms. The highest BCUT2D eigenvalue weighted by Gasteiger charge is 2.01. The van der Waals surface area contributed by atoms with Crippen molar-refractivity contribution < 1.29 is 5.11 Å². The monoisotopic (exact) mass is 140 g/mol. The SMILES string of the molecule is CC(CO)Cc1c[nH]cn1. The number of rotatable bonds is 3. The van der Waals surface area contributed by atoms with Crippen molar-refractivity contribution in [2.24, 2.45) is 5.92 Å². The number of aliphatic hydroxyl groups excluding tert-OH is 1. The lowest BCUT2D eigenvalue weighted by Gasteiger charge is -2.02. The third-order valence-corrected chi connectivity index (χ3v) is 1.42. The number of aromatic nitrogens is 2. The number of aliphatic hydroxyl groups is 1. The van der Waals surface area contributed by atoms with Crippen molar-refractivity contribution in [1.82, 2.24) is 9.97 Å². The summed E-state index contributed by atoms with van der Waals surface area (Å²) < 4.78 is 0. The van der Waals surface area contributed by atoms with Crippen LogP contribution in [-0.4, -0.2) is 21.7 Å². The number of nitrogens with zero attached hydrogens (tertiary/aromatic N) is 1. The van der Waals surface area contributed by atoms with Crippen LogP contribution in [0, 0.1) is 5.92 Å². The molecule has 0 radical (unpaired) electrons. The topological polar surface area (TPSA) is 48.9 Å². The van der Waals surface area contributed by atoms with E-state index in [1.807, 2.05) is 13.1 Å². The average Bonchev–Trinajstić information content (AvgIpc) is 2.40. The molecule has 2 N–H and O–H groups in total. The van der Waals surface area contributed by atoms with Crippen LogP contribution in [0.1, 0.15) is 12.6 Å². The molecule has 0 aliphatic heterocycles. The predicted molar refractivity (Wildman–Crippen MR) is 38.5 cm³/mol. The lowest BCUT2D eigenvalue weighted by Crippen LogP contribution is -2.04. The molecule has 0 amide bonds. The minimum Gasteiger partial charge on any atom is -0.396 e. The summed E-state index contributed by atoms with van der Waals surface area (Å²) in [5.74, 6) is 0.309. The smallest absolute Gasteiger partial charge is 0.0923 e. The fourth-order valence-corrected chi connectivity index (χ4v) is 0.824. The van der Waals surface area contributed by atoms with Crippen molar-refractivity contribution in [1.29, 1.82) is 0 Å². The van der Waals surface area contributed by atoms with E-state index in [2.05, 4.69) is 9.97 Å². The maximum atomic E-state index is 8.70. The molecule has 0 saturated heterocycles. The molecule has 1 atom stereocenters. The molecule has 0 aliphatic carbocycles. The Bertz CT molecular complexity index is 172. The number of hydrogen-bond donors (Lipinski definition) is 2. The van der Waals surface area contributed by atoms with E-state index in [4.69, 9.17) is 5.11 Å². The second kappa shape index (κ2) is 3.37. The summed E-state index contributed by atoms with van der Waals surface area (Å²) in [6.45, 7) is 2.22. The maximum Gasteiger partial charge on any atom is 0.0923 e. The third kappa shape index (κ3) is 1.84. The molecule has 0 fully saturated rings. The van der Waals surface area contributed by atoms with Crippen LogP contribution < -0.4 is 0 Å². The standard InChI is InChI=1S/C7H12N2O/c1-6(4-10)2-7-3-8-5-9-7/h3,5-6,10H,2,4H2,1H3,(H,8,9). The maximum absolute atomic E-state index is 8.70. The van der Waals surface area contributed by atoms with Crippen LogP contribution >= 0.6 is 0 Å². The van der Waals surface area contributed by atoms with Crippen LogP contribution in [0.2, 0.25) is 0 Å². The molecule has 56 valence electrons. The van der Waals surface area contributed by atoms with Gasteiger partial charge in [-0.25, -0.2) is 4.98 Å². The van der Waals surface area contributed by atoms with Crippen LogP contribution in [-0.2, 0) is 6.42 Å². The second-order valence-electron chi connectivity index (χ2n) is 2.55. The third-order valence-electron chi connectivity index (χ3n) is 1.42. The van der Waals surface area contributed by atoms with Gasteiger partial charge in [0.1, 0.15) is 0 Å². The molecule has 0 spiro atoms. The summed E-state index contributed by atoms with van der Waals surface area (Å²) in [7, 11) is 0. The van der Waals surface area contributed by atoms with E-state index in [0.717, 1.165) is 12.1 Å². The highest BCUT2D eigenvalue weighted by Crippen LogP contribution is 2.02. The van der Waals surface area contributed by atoms with Gasteiger partial charge < -0.3 is 10.1 Å². The van der Waals surface area contributed by atoms with Gasteiger partial charge in [0.15, 0.2) is 0 Å². The summed E-state index contributed by atoms with van der Waals surface area (Å²) in [5, 5.41) is 8.70. The highest BCUT2D eigenvalue weighted by atomic mass is 16.3. The zero-order chi connectivity index (χ0) is 7.40. The Kier molecular flexibility index (Phi) is 2.45. The first-order chi connectivity index (χ1) is 4.83. The van der Waals surface area contributed by atoms with Crippen molar-refractivity contribution in [2.45, 2.75) is 13.3 Å². The van der Waals surface area contributed by atoms with E-state index in [1.165, 1.54) is 0 Å². The van der Waals surface area contributed by atoms with Crippen molar-refractivity contribution in [3.63, 3.8) is 0 Å². The van der Waals surface area contributed by atoms with E-state index in [1.54, 1.807) is 6.33 Å². The fraction of sp³-hybridized carbons (Fsp3) is 0.571. The molecule has 0 saturated carbocycles. The number of imidazole rings is 1. The number of aromatic amines is 1. The van der Waals surface area contributed by atoms with Gasteiger partial charge in [0.25, 0.3) is 0 Å². The van der Waals surface area contributed by atoms with Gasteiger partial charge in [-0.1, -0.05) is 6.92 Å². The van der Waals surface area contributed by atoms with Crippen LogP contribution in [0.3, 0.4) is 0 Å². The van der Waals surface area contributed by atoms with Gasteiger partial charge in [-0.15, -0.1) is 0 Å². The predicted octanol–water partition coefficient (Wildman–Crippen LogP) is 0.581. The average molecular weight is 140 g/mol. The molecule has 0 bridgehead atoms. The molecule has 0 aromatic carbocycles. The second-order valence-corrected chi connectivity index (χ2v) is 2.55. The van der Waals surface area contributed by atoms with Gasteiger partial charge >= 0.3 is 0 Å². The Morgan fingerprint density at radius 3 is 3.10 bits per heavy atom. The lowest BCUT2D eigenvalue weighted by atomic mass is 10.1. The first-order valence-corrected chi connectivity index (χ1v) is 3.41. The number of H-pyrrole nitrogens is 1. The van der Waals surface area contributed by atoms with Crippen LogP contribution in [0.5, 0.6) is 0 Å². The Hall–Kier alpha value is -0.830. The van der Waals surface area contributed by atoms with Gasteiger partial charge in [-0.05, 0) is 12.3 Å². The molecular weight excluding hydrogens is 128 g/mol. The first-order valence-electron chi connectivity index (χ1n) is 3.41. The van der Waals surface area contributed by atoms with Gasteiger partial charge in [-0.3, -0.25) is 0 Å². The quantitative estimate of drug-likeness (QED) is 0.645. The summed E-state index contributed by atoms with van der Waals surface area (Å²) in [4.78, 5) is 6.90. The molecule has 1 aromatic rings. The minimum absolute atomic E-state index is 0.229. The Morgan fingerprint density at radius 2 is 2.60 bits per heavy atom. The largest absolute Gasteiger partial charge is 0.396 e. The summed E-state index contributed by atoms with van der Waals surface area (Å²) in [6, 6.07) is 0. The molecule has 3 nitrogen and oxygen atoms in total. The van der Waals surface area contributed by atoms with E-state index in [-0.39, 0.29) is 6.61 Å². The van der Waals surface area contributed by atoms with Gasteiger partial charge in [0.05, 0.1) is 12.0 Å². The molecule has 1 aromatic heterocycles. The molecule has 1 unspecified atom stereocenters. The van der Waals surface area contributed by atoms with Crippen LogP contribution in [0.4, 0.5) is 0 Å². The molecule has 1 rings (SSSR count). The lowest BCUT2D eigenvalue weighted by molar-refractivity contribution is 0.236. The molecule has 0 aliphatic rings. The van der Waals surface area contributed by atoms with E-state index < -0.39 is 0 Å². The van der Waals surface area contributed by atoms with Crippen molar-refractivity contribution in [3.05, 3.63) is 18.2 Å². The first kappa shape index (κ1) is 7.28. The van der Waals surface area contributed by atoms with Crippen molar-refractivity contribution >= 4 is 0 Å².